The van der Waals surface area contributed by atoms with Crippen LogP contribution in [0.15, 0.2) is 40.9 Å². The van der Waals surface area contributed by atoms with Crippen LogP contribution >= 0.6 is 15.9 Å². The summed E-state index contributed by atoms with van der Waals surface area (Å²) in [4.78, 5) is 0. The zero-order valence-corrected chi connectivity index (χ0v) is 11.4. The van der Waals surface area contributed by atoms with Crippen LogP contribution < -0.4 is 4.74 Å². The highest BCUT2D eigenvalue weighted by atomic mass is 79.9. The summed E-state index contributed by atoms with van der Waals surface area (Å²) in [6, 6.07) is 9.77. The zero-order valence-electron chi connectivity index (χ0n) is 9.78. The largest absolute Gasteiger partial charge is 0.454 e. The van der Waals surface area contributed by atoms with Gasteiger partial charge in [-0.05, 0) is 48.4 Å². The smallest absolute Gasteiger partial charge is 0.165 e. The molecule has 0 bridgehead atoms. The molecular weight excluding hydrogens is 299 g/mol. The minimum Gasteiger partial charge on any atom is -0.454 e. The van der Waals surface area contributed by atoms with Crippen molar-refractivity contribution in [3.05, 3.63) is 57.8 Å². The van der Waals surface area contributed by atoms with E-state index in [-0.39, 0.29) is 12.4 Å². The quantitative estimate of drug-likeness (QED) is 0.921. The Morgan fingerprint density at radius 3 is 2.67 bits per heavy atom. The molecule has 0 fully saturated rings. The van der Waals surface area contributed by atoms with Gasteiger partial charge in [0.2, 0.25) is 0 Å². The summed E-state index contributed by atoms with van der Waals surface area (Å²) in [5, 5.41) is 9.07. The highest BCUT2D eigenvalue weighted by Crippen LogP contribution is 2.28. The Labute approximate surface area is 113 Å². The van der Waals surface area contributed by atoms with Crippen molar-refractivity contribution in [2.24, 2.45) is 0 Å². The predicted octanol–water partition coefficient (Wildman–Crippen LogP) is 4.18. The van der Waals surface area contributed by atoms with Crippen LogP contribution in [-0.2, 0) is 6.61 Å². The van der Waals surface area contributed by atoms with Crippen LogP contribution in [0.4, 0.5) is 4.39 Å². The lowest BCUT2D eigenvalue weighted by atomic mass is 10.1. The van der Waals surface area contributed by atoms with Crippen LogP contribution in [0.5, 0.6) is 11.5 Å². The third-order valence-corrected chi connectivity index (χ3v) is 3.10. The van der Waals surface area contributed by atoms with E-state index in [1.165, 1.54) is 6.07 Å². The molecule has 0 unspecified atom stereocenters. The van der Waals surface area contributed by atoms with E-state index in [2.05, 4.69) is 15.9 Å². The van der Waals surface area contributed by atoms with Gasteiger partial charge < -0.3 is 9.84 Å². The van der Waals surface area contributed by atoms with Crippen LogP contribution in [0.3, 0.4) is 0 Å². The first-order chi connectivity index (χ1) is 8.60. The number of aryl methyl sites for hydroxylation is 1. The first kappa shape index (κ1) is 13.1. The number of hydrogen-bond donors (Lipinski definition) is 1. The molecule has 0 aromatic heterocycles. The molecule has 2 nitrogen and oxygen atoms in total. The summed E-state index contributed by atoms with van der Waals surface area (Å²) < 4.78 is 19.8. The van der Waals surface area contributed by atoms with Crippen molar-refractivity contribution >= 4 is 15.9 Å². The van der Waals surface area contributed by atoms with E-state index in [0.717, 1.165) is 15.6 Å². The van der Waals surface area contributed by atoms with E-state index in [1.807, 2.05) is 6.92 Å². The number of benzene rings is 2. The van der Waals surface area contributed by atoms with Gasteiger partial charge in [-0.25, -0.2) is 4.39 Å². The average molecular weight is 311 g/mol. The van der Waals surface area contributed by atoms with Gasteiger partial charge in [-0.3, -0.25) is 0 Å². The summed E-state index contributed by atoms with van der Waals surface area (Å²) in [6.45, 7) is 1.85. The Hall–Kier alpha value is -1.39. The lowest BCUT2D eigenvalue weighted by Gasteiger charge is -2.09. The fourth-order valence-electron chi connectivity index (χ4n) is 1.59. The molecule has 0 aliphatic rings. The van der Waals surface area contributed by atoms with Crippen LogP contribution in [0, 0.1) is 12.7 Å². The van der Waals surface area contributed by atoms with Crippen molar-refractivity contribution < 1.29 is 14.2 Å². The van der Waals surface area contributed by atoms with Crippen molar-refractivity contribution in [1.29, 1.82) is 0 Å². The van der Waals surface area contributed by atoms with E-state index in [4.69, 9.17) is 9.84 Å². The molecule has 2 aromatic rings. The van der Waals surface area contributed by atoms with E-state index in [1.54, 1.807) is 30.3 Å². The minimum absolute atomic E-state index is 0.0165. The Morgan fingerprint density at radius 1 is 1.22 bits per heavy atom. The summed E-state index contributed by atoms with van der Waals surface area (Å²) in [6.07, 6.45) is 0. The van der Waals surface area contributed by atoms with Gasteiger partial charge in [-0.15, -0.1) is 0 Å². The third kappa shape index (κ3) is 2.89. The zero-order chi connectivity index (χ0) is 13.1. The maximum absolute atomic E-state index is 13.5. The number of rotatable bonds is 3. The molecule has 0 spiro atoms. The Morgan fingerprint density at radius 2 is 2.00 bits per heavy atom. The number of halogens is 2. The van der Waals surface area contributed by atoms with E-state index in [0.29, 0.717) is 5.75 Å². The van der Waals surface area contributed by atoms with Crippen molar-refractivity contribution in [1.82, 2.24) is 0 Å². The third-order valence-electron chi connectivity index (χ3n) is 2.61. The molecule has 0 saturated carbocycles. The lowest BCUT2D eigenvalue weighted by molar-refractivity contribution is 0.281. The fraction of sp³-hybridized carbons (Fsp3) is 0.143. The van der Waals surface area contributed by atoms with Gasteiger partial charge in [0.05, 0.1) is 6.61 Å². The topological polar surface area (TPSA) is 29.5 Å². The second kappa shape index (κ2) is 5.50. The first-order valence-electron chi connectivity index (χ1n) is 5.43. The molecule has 0 saturated heterocycles. The molecule has 0 aliphatic carbocycles. The molecule has 2 aromatic carbocycles. The van der Waals surface area contributed by atoms with Gasteiger partial charge in [0.1, 0.15) is 5.75 Å². The molecule has 2 rings (SSSR count). The minimum atomic E-state index is -0.415. The summed E-state index contributed by atoms with van der Waals surface area (Å²) in [7, 11) is 0. The highest BCUT2D eigenvalue weighted by molar-refractivity contribution is 9.10. The maximum atomic E-state index is 13.5. The monoisotopic (exact) mass is 310 g/mol. The van der Waals surface area contributed by atoms with Crippen molar-refractivity contribution in [2.75, 3.05) is 0 Å². The van der Waals surface area contributed by atoms with Gasteiger partial charge >= 0.3 is 0 Å². The predicted molar refractivity (Wildman–Crippen MR) is 71.3 cm³/mol. The molecule has 0 radical (unpaired) electrons. The van der Waals surface area contributed by atoms with Gasteiger partial charge in [-0.2, -0.15) is 0 Å². The number of ether oxygens (including phenoxy) is 1. The molecule has 1 N–H and O–H groups in total. The van der Waals surface area contributed by atoms with Gasteiger partial charge in [0.25, 0.3) is 0 Å². The molecular formula is C14H12BrFO2. The van der Waals surface area contributed by atoms with Crippen LogP contribution in [0.25, 0.3) is 0 Å². The maximum Gasteiger partial charge on any atom is 0.165 e. The molecule has 0 amide bonds. The van der Waals surface area contributed by atoms with Crippen molar-refractivity contribution in [3.63, 3.8) is 0 Å². The van der Waals surface area contributed by atoms with Gasteiger partial charge in [0.15, 0.2) is 11.6 Å². The Bertz CT molecular complexity index is 570. The van der Waals surface area contributed by atoms with Crippen molar-refractivity contribution in [3.8, 4) is 11.5 Å². The van der Waals surface area contributed by atoms with Gasteiger partial charge in [-0.1, -0.05) is 22.0 Å². The number of hydrogen-bond acceptors (Lipinski definition) is 2. The first-order valence-corrected chi connectivity index (χ1v) is 6.23. The van der Waals surface area contributed by atoms with Gasteiger partial charge in [0, 0.05) is 4.47 Å². The second-order valence-electron chi connectivity index (χ2n) is 3.92. The SMILES string of the molecule is Cc1cc(Oc2cc(Br)ccc2F)ccc1CO. The Kier molecular flexibility index (Phi) is 3.99. The van der Waals surface area contributed by atoms with Crippen LogP contribution in [-0.4, -0.2) is 5.11 Å². The highest BCUT2D eigenvalue weighted by Gasteiger charge is 2.06. The average Bonchev–Trinajstić information content (AvgIpc) is 2.34. The fourth-order valence-corrected chi connectivity index (χ4v) is 1.93. The van der Waals surface area contributed by atoms with E-state index >= 15 is 0 Å². The van der Waals surface area contributed by atoms with E-state index < -0.39 is 5.82 Å². The molecule has 0 atom stereocenters. The van der Waals surface area contributed by atoms with Crippen LogP contribution in [0.1, 0.15) is 11.1 Å². The normalized spacial score (nSPS) is 10.4. The molecule has 18 heavy (non-hydrogen) atoms. The summed E-state index contributed by atoms with van der Waals surface area (Å²) >= 11 is 3.27. The van der Waals surface area contributed by atoms with Crippen LogP contribution in [0.2, 0.25) is 0 Å². The number of aliphatic hydroxyl groups excluding tert-OH is 1. The summed E-state index contributed by atoms with van der Waals surface area (Å²) in [5.74, 6) is 0.296. The molecule has 4 heteroatoms. The summed E-state index contributed by atoms with van der Waals surface area (Å²) in [5.41, 5.74) is 1.74. The molecule has 94 valence electrons. The van der Waals surface area contributed by atoms with E-state index in [9.17, 15) is 4.39 Å². The second-order valence-corrected chi connectivity index (χ2v) is 4.84. The molecule has 0 aliphatic heterocycles. The van der Waals surface area contributed by atoms with Crippen molar-refractivity contribution in [2.45, 2.75) is 13.5 Å². The number of aliphatic hydroxyl groups is 1. The Balaban J connectivity index is 2.28. The molecule has 0 heterocycles. The lowest BCUT2D eigenvalue weighted by Crippen LogP contribution is -1.92. The standard InChI is InChI=1S/C14H12BrFO2/c1-9-6-12(4-2-10(9)8-17)18-14-7-11(15)3-5-13(14)16/h2-7,17H,8H2,1H3.